The van der Waals surface area contributed by atoms with Crippen molar-refractivity contribution in [2.24, 2.45) is 11.0 Å². The maximum atomic E-state index is 13.8. The SMILES string of the molecule is COc1ccc([C@H]2CC(c3ccccc3Cl)=NN2C(=O)CN(CCN2CCOCC2)C(=O)C2CCC2)cc1. The van der Waals surface area contributed by atoms with E-state index in [-0.39, 0.29) is 30.3 Å². The number of halogens is 1. The molecular formula is C29H35ClN4O4. The van der Waals surface area contributed by atoms with Crippen LogP contribution in [0, 0.1) is 5.92 Å². The summed E-state index contributed by atoms with van der Waals surface area (Å²) in [6.07, 6.45) is 3.40. The Morgan fingerprint density at radius 1 is 1.11 bits per heavy atom. The number of amides is 2. The van der Waals surface area contributed by atoms with Gasteiger partial charge in [-0.1, -0.05) is 48.4 Å². The van der Waals surface area contributed by atoms with Gasteiger partial charge in [-0.3, -0.25) is 14.5 Å². The van der Waals surface area contributed by atoms with Crippen LogP contribution in [-0.4, -0.2) is 85.4 Å². The van der Waals surface area contributed by atoms with Crippen molar-refractivity contribution < 1.29 is 19.1 Å². The highest BCUT2D eigenvalue weighted by atomic mass is 35.5. The maximum Gasteiger partial charge on any atom is 0.262 e. The van der Waals surface area contributed by atoms with E-state index in [9.17, 15) is 9.59 Å². The number of hydrazone groups is 1. The van der Waals surface area contributed by atoms with Crippen LogP contribution >= 0.6 is 11.6 Å². The lowest BCUT2D eigenvalue weighted by molar-refractivity contribution is -0.145. The number of hydrogen-bond donors (Lipinski definition) is 0. The number of benzene rings is 2. The van der Waals surface area contributed by atoms with Crippen LogP contribution in [0.25, 0.3) is 0 Å². The molecule has 2 aromatic carbocycles. The Bertz CT molecular complexity index is 1160. The zero-order valence-electron chi connectivity index (χ0n) is 21.9. The van der Waals surface area contributed by atoms with E-state index >= 15 is 0 Å². The van der Waals surface area contributed by atoms with Gasteiger partial charge in [0.2, 0.25) is 5.91 Å². The van der Waals surface area contributed by atoms with E-state index in [0.29, 0.717) is 31.2 Å². The van der Waals surface area contributed by atoms with Crippen LogP contribution in [0.15, 0.2) is 53.6 Å². The first-order valence-electron chi connectivity index (χ1n) is 13.4. The molecule has 0 radical (unpaired) electrons. The first-order chi connectivity index (χ1) is 18.5. The number of nitrogens with zero attached hydrogens (tertiary/aromatic N) is 4. The van der Waals surface area contributed by atoms with E-state index in [1.165, 1.54) is 0 Å². The molecule has 1 saturated carbocycles. The zero-order chi connectivity index (χ0) is 26.5. The second kappa shape index (κ2) is 12.3. The van der Waals surface area contributed by atoms with Gasteiger partial charge in [0.25, 0.3) is 5.91 Å². The highest BCUT2D eigenvalue weighted by Gasteiger charge is 2.36. The molecule has 1 atom stereocenters. The second-order valence-corrected chi connectivity index (χ2v) is 10.5. The van der Waals surface area contributed by atoms with Crippen LogP contribution in [0.2, 0.25) is 5.02 Å². The van der Waals surface area contributed by atoms with Crippen LogP contribution in [-0.2, 0) is 14.3 Å². The molecule has 3 aliphatic rings. The van der Waals surface area contributed by atoms with Gasteiger partial charge in [0.05, 0.1) is 32.1 Å². The van der Waals surface area contributed by atoms with Crippen LogP contribution in [0.3, 0.4) is 0 Å². The molecule has 2 amide bonds. The van der Waals surface area contributed by atoms with Crippen LogP contribution in [0.5, 0.6) is 5.75 Å². The van der Waals surface area contributed by atoms with Crippen LogP contribution in [0.4, 0.5) is 0 Å². The number of carbonyl (C=O) groups is 2. The molecular weight excluding hydrogens is 504 g/mol. The lowest BCUT2D eigenvalue weighted by Gasteiger charge is -2.34. The minimum atomic E-state index is -0.292. The quantitative estimate of drug-likeness (QED) is 0.483. The standard InChI is InChI=1S/C29H35ClN4O4/c1-37-23-11-9-21(10-12-23)27-19-26(24-7-2-3-8-25(24)30)31-34(27)28(35)20-33(29(36)22-5-4-6-22)14-13-32-15-17-38-18-16-32/h2-3,7-12,22,27H,4-6,13-20H2,1H3/t27-/m1/s1. The third-order valence-electron chi connectivity index (χ3n) is 7.73. The third-order valence-corrected chi connectivity index (χ3v) is 8.06. The molecule has 8 nitrogen and oxygen atoms in total. The van der Waals surface area contributed by atoms with Crippen molar-refractivity contribution in [3.8, 4) is 5.75 Å². The highest BCUT2D eigenvalue weighted by molar-refractivity contribution is 6.34. The van der Waals surface area contributed by atoms with E-state index in [2.05, 4.69) is 4.90 Å². The van der Waals surface area contributed by atoms with Crippen molar-refractivity contribution in [3.63, 3.8) is 0 Å². The maximum absolute atomic E-state index is 13.8. The summed E-state index contributed by atoms with van der Waals surface area (Å²) in [5, 5.41) is 6.93. The van der Waals surface area contributed by atoms with Gasteiger partial charge in [-0.2, -0.15) is 5.10 Å². The van der Waals surface area contributed by atoms with Gasteiger partial charge in [0.15, 0.2) is 0 Å². The van der Waals surface area contributed by atoms with Gasteiger partial charge in [-0.25, -0.2) is 5.01 Å². The molecule has 2 heterocycles. The monoisotopic (exact) mass is 538 g/mol. The minimum absolute atomic E-state index is 0.00559. The molecule has 2 aliphatic heterocycles. The number of morpholine rings is 1. The van der Waals surface area contributed by atoms with Crippen LogP contribution < -0.4 is 4.74 Å². The van der Waals surface area contributed by atoms with Crippen molar-refractivity contribution in [1.82, 2.24) is 14.8 Å². The van der Waals surface area contributed by atoms with Crippen molar-refractivity contribution in [2.45, 2.75) is 31.7 Å². The predicted octanol–water partition coefficient (Wildman–Crippen LogP) is 3.99. The third kappa shape index (κ3) is 6.03. The van der Waals surface area contributed by atoms with Gasteiger partial charge in [0.1, 0.15) is 12.3 Å². The Labute approximate surface area is 229 Å². The van der Waals surface area contributed by atoms with E-state index < -0.39 is 0 Å². The van der Waals surface area contributed by atoms with Gasteiger partial charge in [-0.15, -0.1) is 0 Å². The van der Waals surface area contributed by atoms with Crippen molar-refractivity contribution in [2.75, 3.05) is 53.0 Å². The fraction of sp³-hybridized carbons (Fsp3) is 0.483. The average Bonchev–Trinajstić information content (AvgIpc) is 3.36. The summed E-state index contributed by atoms with van der Waals surface area (Å²) in [4.78, 5) is 31.2. The van der Waals surface area contributed by atoms with E-state index in [4.69, 9.17) is 26.2 Å². The molecule has 202 valence electrons. The smallest absolute Gasteiger partial charge is 0.262 e. The van der Waals surface area contributed by atoms with Crippen molar-refractivity contribution in [1.29, 1.82) is 0 Å². The molecule has 2 aromatic rings. The minimum Gasteiger partial charge on any atom is -0.497 e. The number of hydrogen-bond acceptors (Lipinski definition) is 6. The molecule has 38 heavy (non-hydrogen) atoms. The summed E-state index contributed by atoms with van der Waals surface area (Å²) >= 11 is 6.50. The Kier molecular flexibility index (Phi) is 8.61. The summed E-state index contributed by atoms with van der Waals surface area (Å²) in [5.41, 5.74) is 2.53. The molecule has 0 unspecified atom stereocenters. The summed E-state index contributed by atoms with van der Waals surface area (Å²) in [5.74, 6) is 0.652. The summed E-state index contributed by atoms with van der Waals surface area (Å²) in [7, 11) is 1.63. The first-order valence-corrected chi connectivity index (χ1v) is 13.8. The second-order valence-electron chi connectivity index (χ2n) is 10.1. The highest BCUT2D eigenvalue weighted by Crippen LogP contribution is 2.35. The molecule has 2 fully saturated rings. The van der Waals surface area contributed by atoms with Gasteiger partial charge >= 0.3 is 0 Å². The molecule has 5 rings (SSSR count). The van der Waals surface area contributed by atoms with Crippen molar-refractivity contribution >= 4 is 29.1 Å². The molecule has 1 saturated heterocycles. The average molecular weight is 539 g/mol. The molecule has 1 aliphatic carbocycles. The zero-order valence-corrected chi connectivity index (χ0v) is 22.6. The van der Waals surface area contributed by atoms with E-state index in [0.717, 1.165) is 61.5 Å². The summed E-state index contributed by atoms with van der Waals surface area (Å²) < 4.78 is 10.8. The molecule has 0 spiro atoms. The molecule has 0 bridgehead atoms. The molecule has 0 aromatic heterocycles. The number of carbonyl (C=O) groups excluding carboxylic acids is 2. The normalized spacial score (nSPS) is 20.1. The lowest BCUT2D eigenvalue weighted by Crippen LogP contribution is -2.49. The van der Waals surface area contributed by atoms with Crippen molar-refractivity contribution in [3.05, 3.63) is 64.7 Å². The lowest BCUT2D eigenvalue weighted by atomic mass is 9.84. The summed E-state index contributed by atoms with van der Waals surface area (Å²) in [6.45, 7) is 4.34. The van der Waals surface area contributed by atoms with E-state index in [1.54, 1.807) is 17.0 Å². The molecule has 0 N–H and O–H groups in total. The van der Waals surface area contributed by atoms with Gasteiger partial charge in [-0.05, 0) is 36.6 Å². The largest absolute Gasteiger partial charge is 0.497 e. The molecule has 9 heteroatoms. The van der Waals surface area contributed by atoms with E-state index in [1.807, 2.05) is 48.5 Å². The first kappa shape index (κ1) is 26.7. The van der Waals surface area contributed by atoms with Gasteiger partial charge in [0, 0.05) is 49.1 Å². The predicted molar refractivity (Wildman–Crippen MR) is 146 cm³/mol. The fourth-order valence-corrected chi connectivity index (χ4v) is 5.43. The fourth-order valence-electron chi connectivity index (χ4n) is 5.19. The van der Waals surface area contributed by atoms with Crippen LogP contribution in [0.1, 0.15) is 42.9 Å². The Hall–Kier alpha value is -2.94. The Balaban J connectivity index is 1.38. The number of methoxy groups -OCH3 is 1. The summed E-state index contributed by atoms with van der Waals surface area (Å²) in [6, 6.07) is 15.0. The topological polar surface area (TPSA) is 74.7 Å². The van der Waals surface area contributed by atoms with Gasteiger partial charge < -0.3 is 14.4 Å². The Morgan fingerprint density at radius 2 is 1.84 bits per heavy atom. The number of rotatable bonds is 9. The number of ether oxygens (including phenoxy) is 2. The Morgan fingerprint density at radius 3 is 2.50 bits per heavy atom.